The van der Waals surface area contributed by atoms with Gasteiger partial charge in [0.1, 0.15) is 4.90 Å². The van der Waals surface area contributed by atoms with E-state index in [0.29, 0.717) is 22.8 Å². The van der Waals surface area contributed by atoms with E-state index in [2.05, 4.69) is 20.3 Å². The highest BCUT2D eigenvalue weighted by atomic mass is 79.9. The zero-order valence-electron chi connectivity index (χ0n) is 8.72. The molecule has 0 saturated carbocycles. The SMILES string of the molecule is CN(CCBr)C1=NS(=O)(=O)c2ccccc21. The van der Waals surface area contributed by atoms with Crippen LogP contribution in [0.25, 0.3) is 0 Å². The minimum Gasteiger partial charge on any atom is -0.358 e. The number of hydrogen-bond acceptors (Lipinski definition) is 3. The van der Waals surface area contributed by atoms with Crippen molar-refractivity contribution in [2.45, 2.75) is 4.90 Å². The molecule has 1 aromatic carbocycles. The van der Waals surface area contributed by atoms with Crippen molar-refractivity contribution in [3.05, 3.63) is 29.8 Å². The molecule has 0 fully saturated rings. The van der Waals surface area contributed by atoms with E-state index in [1.54, 1.807) is 18.2 Å². The second kappa shape index (κ2) is 4.18. The van der Waals surface area contributed by atoms with Gasteiger partial charge in [-0.3, -0.25) is 0 Å². The van der Waals surface area contributed by atoms with Gasteiger partial charge in [-0.2, -0.15) is 8.42 Å². The van der Waals surface area contributed by atoms with E-state index >= 15 is 0 Å². The van der Waals surface area contributed by atoms with Gasteiger partial charge in [0.25, 0.3) is 10.0 Å². The molecular formula is C10H11BrN2O2S. The Bertz CT molecular complexity index is 540. The normalized spacial score (nSPS) is 16.8. The number of nitrogens with zero attached hydrogens (tertiary/aromatic N) is 2. The topological polar surface area (TPSA) is 49.7 Å². The van der Waals surface area contributed by atoms with Crippen LogP contribution >= 0.6 is 15.9 Å². The Balaban J connectivity index is 2.51. The van der Waals surface area contributed by atoms with Crippen LogP contribution in [-0.4, -0.2) is 38.1 Å². The molecule has 0 atom stereocenters. The summed E-state index contributed by atoms with van der Waals surface area (Å²) in [5, 5.41) is 0.769. The van der Waals surface area contributed by atoms with E-state index in [4.69, 9.17) is 0 Å². The lowest BCUT2D eigenvalue weighted by Crippen LogP contribution is -2.28. The van der Waals surface area contributed by atoms with Gasteiger partial charge in [0.05, 0.1) is 0 Å². The molecule has 0 unspecified atom stereocenters. The predicted molar refractivity (Wildman–Crippen MR) is 66.6 cm³/mol. The van der Waals surface area contributed by atoms with Gasteiger partial charge in [-0.1, -0.05) is 28.1 Å². The number of fused-ring (bicyclic) bond motifs is 1. The van der Waals surface area contributed by atoms with Gasteiger partial charge in [0, 0.05) is 24.5 Å². The molecule has 1 aliphatic heterocycles. The summed E-state index contributed by atoms with van der Waals surface area (Å²) in [7, 11) is -1.66. The maximum absolute atomic E-state index is 11.7. The van der Waals surface area contributed by atoms with E-state index in [9.17, 15) is 8.42 Å². The van der Waals surface area contributed by atoms with E-state index < -0.39 is 10.0 Å². The minimum atomic E-state index is -3.49. The van der Waals surface area contributed by atoms with Gasteiger partial charge in [-0.25, -0.2) is 0 Å². The minimum absolute atomic E-state index is 0.298. The van der Waals surface area contributed by atoms with Crippen molar-refractivity contribution in [3.8, 4) is 0 Å². The summed E-state index contributed by atoms with van der Waals surface area (Å²) in [6.45, 7) is 0.711. The van der Waals surface area contributed by atoms with Crippen molar-refractivity contribution >= 4 is 31.8 Å². The summed E-state index contributed by atoms with van der Waals surface area (Å²) in [6, 6.07) is 6.89. The molecule has 4 nitrogen and oxygen atoms in total. The zero-order chi connectivity index (χ0) is 11.8. The van der Waals surface area contributed by atoms with Gasteiger partial charge in [0.15, 0.2) is 5.84 Å². The quantitative estimate of drug-likeness (QED) is 0.777. The first-order valence-electron chi connectivity index (χ1n) is 4.78. The van der Waals surface area contributed by atoms with Crippen LogP contribution in [-0.2, 0) is 10.0 Å². The van der Waals surface area contributed by atoms with Crippen molar-refractivity contribution in [1.29, 1.82) is 0 Å². The van der Waals surface area contributed by atoms with E-state index in [-0.39, 0.29) is 0 Å². The molecule has 0 amide bonds. The van der Waals surface area contributed by atoms with Gasteiger partial charge >= 0.3 is 0 Å². The number of halogens is 1. The lowest BCUT2D eigenvalue weighted by atomic mass is 10.2. The van der Waals surface area contributed by atoms with E-state index in [1.807, 2.05) is 18.0 Å². The molecule has 1 aliphatic rings. The van der Waals surface area contributed by atoms with Crippen LogP contribution in [0.2, 0.25) is 0 Å². The Hall–Kier alpha value is -0.880. The molecular weight excluding hydrogens is 292 g/mol. The molecule has 1 heterocycles. The number of amidine groups is 1. The van der Waals surface area contributed by atoms with Gasteiger partial charge in [-0.15, -0.1) is 4.40 Å². The van der Waals surface area contributed by atoms with Crippen LogP contribution in [0.4, 0.5) is 0 Å². The summed E-state index contributed by atoms with van der Waals surface area (Å²) in [5.74, 6) is 0.523. The first-order valence-corrected chi connectivity index (χ1v) is 7.34. The number of benzene rings is 1. The third kappa shape index (κ3) is 1.87. The summed E-state index contributed by atoms with van der Waals surface area (Å²) in [6.07, 6.45) is 0. The molecule has 1 aromatic rings. The highest BCUT2D eigenvalue weighted by Crippen LogP contribution is 2.26. The first-order chi connectivity index (χ1) is 7.56. The standard InChI is InChI=1S/C10H11BrN2O2S/c1-13(7-6-11)10-8-4-2-3-5-9(8)16(14,15)12-10/h2-5H,6-7H2,1H3. The fraction of sp³-hybridized carbons (Fsp3) is 0.300. The maximum atomic E-state index is 11.7. The Labute approximate surface area is 103 Å². The second-order valence-corrected chi connectivity index (χ2v) is 5.86. The molecule has 2 rings (SSSR count). The highest BCUT2D eigenvalue weighted by Gasteiger charge is 2.29. The average Bonchev–Trinajstić information content (AvgIpc) is 2.52. The van der Waals surface area contributed by atoms with Crippen LogP contribution < -0.4 is 0 Å². The fourth-order valence-corrected chi connectivity index (χ4v) is 3.38. The van der Waals surface area contributed by atoms with Gasteiger partial charge < -0.3 is 4.90 Å². The van der Waals surface area contributed by atoms with Crippen LogP contribution in [0.3, 0.4) is 0 Å². The molecule has 86 valence electrons. The van der Waals surface area contributed by atoms with E-state index in [0.717, 1.165) is 5.33 Å². The van der Waals surface area contributed by atoms with Crippen LogP contribution in [0.15, 0.2) is 33.6 Å². The Morgan fingerprint density at radius 1 is 1.38 bits per heavy atom. The lowest BCUT2D eigenvalue weighted by molar-refractivity contribution is 0.543. The molecule has 0 radical (unpaired) electrons. The number of rotatable bonds is 2. The summed E-state index contributed by atoms with van der Waals surface area (Å²) >= 11 is 3.32. The van der Waals surface area contributed by atoms with Crippen LogP contribution in [0, 0.1) is 0 Å². The molecule has 16 heavy (non-hydrogen) atoms. The monoisotopic (exact) mass is 302 g/mol. The van der Waals surface area contributed by atoms with E-state index in [1.165, 1.54) is 0 Å². The molecule has 0 aromatic heterocycles. The molecule has 0 saturated heterocycles. The highest BCUT2D eigenvalue weighted by molar-refractivity contribution is 9.09. The van der Waals surface area contributed by atoms with Gasteiger partial charge in [-0.05, 0) is 12.1 Å². The largest absolute Gasteiger partial charge is 0.358 e. The average molecular weight is 303 g/mol. The second-order valence-electron chi connectivity index (χ2n) is 3.50. The number of sulfonamides is 1. The molecule has 0 bridgehead atoms. The Morgan fingerprint density at radius 3 is 2.75 bits per heavy atom. The molecule has 0 N–H and O–H groups in total. The number of hydrogen-bond donors (Lipinski definition) is 0. The number of alkyl halides is 1. The van der Waals surface area contributed by atoms with Crippen molar-refractivity contribution in [2.75, 3.05) is 18.9 Å². The molecule has 6 heteroatoms. The van der Waals surface area contributed by atoms with Crippen molar-refractivity contribution in [3.63, 3.8) is 0 Å². The van der Waals surface area contributed by atoms with Crippen LogP contribution in [0.1, 0.15) is 5.56 Å². The van der Waals surface area contributed by atoms with Crippen molar-refractivity contribution in [1.82, 2.24) is 4.90 Å². The summed E-state index contributed by atoms with van der Waals surface area (Å²) in [4.78, 5) is 2.13. The fourth-order valence-electron chi connectivity index (χ4n) is 1.60. The van der Waals surface area contributed by atoms with Gasteiger partial charge in [0.2, 0.25) is 0 Å². The first kappa shape index (κ1) is 11.6. The third-order valence-electron chi connectivity index (χ3n) is 2.39. The molecule has 0 spiro atoms. The van der Waals surface area contributed by atoms with Crippen LogP contribution in [0.5, 0.6) is 0 Å². The smallest absolute Gasteiger partial charge is 0.285 e. The third-order valence-corrected chi connectivity index (χ3v) is 4.07. The zero-order valence-corrected chi connectivity index (χ0v) is 11.1. The van der Waals surface area contributed by atoms with Crippen molar-refractivity contribution in [2.24, 2.45) is 4.40 Å². The summed E-state index contributed by atoms with van der Waals surface area (Å²) < 4.78 is 27.3. The summed E-state index contributed by atoms with van der Waals surface area (Å²) in [5.41, 5.74) is 0.686. The van der Waals surface area contributed by atoms with Crippen molar-refractivity contribution < 1.29 is 8.42 Å². The lowest BCUT2D eigenvalue weighted by Gasteiger charge is -2.17. The molecule has 0 aliphatic carbocycles. The maximum Gasteiger partial charge on any atom is 0.285 e. The Kier molecular flexibility index (Phi) is 3.03. The predicted octanol–water partition coefficient (Wildman–Crippen LogP) is 1.46. The Morgan fingerprint density at radius 2 is 2.06 bits per heavy atom.